The van der Waals surface area contributed by atoms with Crippen molar-refractivity contribution in [3.63, 3.8) is 0 Å². The largest absolute Gasteiger partial charge is 0.497 e. The third kappa shape index (κ3) is 5.82. The van der Waals surface area contributed by atoms with Crippen molar-refractivity contribution in [3.05, 3.63) is 88.7 Å². The molecule has 0 heterocycles. The minimum absolute atomic E-state index is 0.0552. The molecular formula is C30H29F3O4. The number of aliphatic carboxylic acids is 1. The van der Waals surface area contributed by atoms with Gasteiger partial charge in [0.05, 0.1) is 7.11 Å². The number of aryl methyl sites for hydroxylation is 1. The molecule has 0 bridgehead atoms. The Morgan fingerprint density at radius 3 is 2.46 bits per heavy atom. The summed E-state index contributed by atoms with van der Waals surface area (Å²) < 4.78 is 54.9. The normalized spacial score (nSPS) is 14.4. The number of hydrogen-bond acceptors (Lipinski definition) is 3. The molecule has 7 heteroatoms. The summed E-state index contributed by atoms with van der Waals surface area (Å²) in [4.78, 5) is 10.9. The van der Waals surface area contributed by atoms with Crippen LogP contribution < -0.4 is 9.47 Å². The fraction of sp³-hybridized carbons (Fsp3) is 0.300. The standard InChI is InChI=1S/C30H29F3O4/c1-30(2)12-4-5-25(30)23-13-18(6-9-22(23)24-16-21(36-3)8-10-26(24)32)17-37-27-15-20(31)14-19(29(27)33)7-11-28(34)35/h5-6,8-10,13-16H,4,7,11-12,17H2,1-3H3,(H,34,35). The van der Waals surface area contributed by atoms with Crippen molar-refractivity contribution in [3.8, 4) is 22.6 Å². The first-order valence-electron chi connectivity index (χ1n) is 12.1. The number of benzene rings is 3. The second-order valence-corrected chi connectivity index (χ2v) is 9.83. The van der Waals surface area contributed by atoms with E-state index in [0.717, 1.165) is 36.1 Å². The molecule has 4 nitrogen and oxygen atoms in total. The molecule has 0 unspecified atom stereocenters. The summed E-state index contributed by atoms with van der Waals surface area (Å²) in [5.41, 5.74) is 3.55. The van der Waals surface area contributed by atoms with E-state index in [9.17, 15) is 18.0 Å². The topological polar surface area (TPSA) is 55.8 Å². The molecule has 1 aliphatic rings. The minimum Gasteiger partial charge on any atom is -0.497 e. The van der Waals surface area contributed by atoms with Crippen molar-refractivity contribution in [1.82, 2.24) is 0 Å². The van der Waals surface area contributed by atoms with Crippen molar-refractivity contribution in [1.29, 1.82) is 0 Å². The van der Waals surface area contributed by atoms with Gasteiger partial charge in [-0.05, 0) is 82.8 Å². The van der Waals surface area contributed by atoms with Gasteiger partial charge in [-0.1, -0.05) is 32.1 Å². The summed E-state index contributed by atoms with van der Waals surface area (Å²) in [5, 5.41) is 8.88. The first kappa shape index (κ1) is 26.3. The zero-order valence-corrected chi connectivity index (χ0v) is 21.0. The second-order valence-electron chi connectivity index (χ2n) is 9.83. The van der Waals surface area contributed by atoms with Gasteiger partial charge in [-0.3, -0.25) is 4.79 Å². The van der Waals surface area contributed by atoms with Gasteiger partial charge in [0.15, 0.2) is 11.6 Å². The fourth-order valence-corrected chi connectivity index (χ4v) is 4.75. The highest BCUT2D eigenvalue weighted by molar-refractivity contribution is 5.85. The van der Waals surface area contributed by atoms with E-state index in [1.807, 2.05) is 6.07 Å². The van der Waals surface area contributed by atoms with Crippen molar-refractivity contribution >= 4 is 11.5 Å². The number of methoxy groups -OCH3 is 1. The van der Waals surface area contributed by atoms with Crippen molar-refractivity contribution in [2.75, 3.05) is 7.11 Å². The van der Waals surface area contributed by atoms with Crippen LogP contribution >= 0.6 is 0 Å². The van der Waals surface area contributed by atoms with E-state index in [1.54, 1.807) is 24.3 Å². The summed E-state index contributed by atoms with van der Waals surface area (Å²) in [6.45, 7) is 4.23. The average Bonchev–Trinajstić information content (AvgIpc) is 3.22. The fourth-order valence-electron chi connectivity index (χ4n) is 4.75. The Morgan fingerprint density at radius 2 is 1.78 bits per heavy atom. The molecule has 0 aliphatic heterocycles. The zero-order chi connectivity index (χ0) is 26.7. The van der Waals surface area contributed by atoms with E-state index in [-0.39, 0.29) is 42.0 Å². The molecule has 0 spiro atoms. The number of ether oxygens (including phenoxy) is 2. The maximum Gasteiger partial charge on any atom is 0.303 e. The third-order valence-corrected chi connectivity index (χ3v) is 6.77. The molecule has 1 N–H and O–H groups in total. The molecule has 0 atom stereocenters. The molecule has 0 radical (unpaired) electrons. The Hall–Kier alpha value is -3.74. The number of allylic oxidation sites excluding steroid dienone is 2. The van der Waals surface area contributed by atoms with E-state index in [0.29, 0.717) is 22.4 Å². The van der Waals surface area contributed by atoms with E-state index in [4.69, 9.17) is 14.6 Å². The van der Waals surface area contributed by atoms with Crippen molar-refractivity contribution < 1.29 is 32.5 Å². The molecule has 1 aliphatic carbocycles. The van der Waals surface area contributed by atoms with Gasteiger partial charge in [-0.25, -0.2) is 13.2 Å². The Balaban J connectivity index is 1.70. The highest BCUT2D eigenvalue weighted by Crippen LogP contribution is 2.47. The van der Waals surface area contributed by atoms with Crippen LogP contribution in [-0.4, -0.2) is 18.2 Å². The molecule has 0 fully saturated rings. The lowest BCUT2D eigenvalue weighted by Gasteiger charge is -2.25. The van der Waals surface area contributed by atoms with Crippen molar-refractivity contribution in [2.24, 2.45) is 5.41 Å². The lowest BCUT2D eigenvalue weighted by atomic mass is 9.79. The Kier molecular flexibility index (Phi) is 7.62. The second kappa shape index (κ2) is 10.7. The van der Waals surface area contributed by atoms with Crippen LogP contribution in [0.15, 0.2) is 54.6 Å². The maximum absolute atomic E-state index is 14.9. The zero-order valence-electron chi connectivity index (χ0n) is 21.0. The first-order valence-corrected chi connectivity index (χ1v) is 12.1. The number of halogens is 3. The van der Waals surface area contributed by atoms with Gasteiger partial charge in [0.1, 0.15) is 24.0 Å². The molecule has 0 aromatic heterocycles. The summed E-state index contributed by atoms with van der Waals surface area (Å²) in [6, 6.07) is 12.0. The Morgan fingerprint density at radius 1 is 1.00 bits per heavy atom. The quantitative estimate of drug-likeness (QED) is 0.322. The third-order valence-electron chi connectivity index (χ3n) is 6.77. The first-order chi connectivity index (χ1) is 17.6. The molecule has 4 rings (SSSR count). The van der Waals surface area contributed by atoms with Gasteiger partial charge in [0, 0.05) is 18.1 Å². The van der Waals surface area contributed by atoms with E-state index in [2.05, 4.69) is 19.9 Å². The highest BCUT2D eigenvalue weighted by atomic mass is 19.1. The molecule has 0 saturated heterocycles. The molecule has 3 aromatic rings. The number of carboxylic acid groups (broad SMARTS) is 1. The van der Waals surface area contributed by atoms with E-state index < -0.39 is 17.6 Å². The average molecular weight is 511 g/mol. The number of carboxylic acids is 1. The summed E-state index contributed by atoms with van der Waals surface area (Å²) >= 11 is 0. The minimum atomic E-state index is -1.10. The van der Waals surface area contributed by atoms with Gasteiger partial charge in [0.25, 0.3) is 0 Å². The molecule has 37 heavy (non-hydrogen) atoms. The summed E-state index contributed by atoms with van der Waals surface area (Å²) in [6.07, 6.45) is 3.54. The number of carbonyl (C=O) groups is 1. The van der Waals surface area contributed by atoms with Gasteiger partial charge in [0.2, 0.25) is 0 Å². The summed E-state index contributed by atoms with van der Waals surface area (Å²) in [5.74, 6) is -2.72. The Bertz CT molecular complexity index is 1360. The predicted octanol–water partition coefficient (Wildman–Crippen LogP) is 7.58. The van der Waals surface area contributed by atoms with Crippen LogP contribution in [0.4, 0.5) is 13.2 Å². The van der Waals surface area contributed by atoms with Gasteiger partial charge < -0.3 is 14.6 Å². The van der Waals surface area contributed by atoms with Gasteiger partial charge >= 0.3 is 5.97 Å². The smallest absolute Gasteiger partial charge is 0.303 e. The van der Waals surface area contributed by atoms with Crippen LogP contribution in [0.3, 0.4) is 0 Å². The predicted molar refractivity (Wildman–Crippen MR) is 136 cm³/mol. The van der Waals surface area contributed by atoms with Crippen molar-refractivity contribution in [2.45, 2.75) is 46.1 Å². The van der Waals surface area contributed by atoms with Gasteiger partial charge in [-0.2, -0.15) is 0 Å². The highest BCUT2D eigenvalue weighted by Gasteiger charge is 2.30. The van der Waals surface area contributed by atoms with E-state index >= 15 is 0 Å². The van der Waals surface area contributed by atoms with Crippen LogP contribution in [-0.2, 0) is 17.8 Å². The number of rotatable bonds is 9. The molecular weight excluding hydrogens is 481 g/mol. The van der Waals surface area contributed by atoms with Crippen LogP contribution in [0.5, 0.6) is 11.5 Å². The summed E-state index contributed by atoms with van der Waals surface area (Å²) in [7, 11) is 1.53. The van der Waals surface area contributed by atoms with Crippen LogP contribution in [0, 0.1) is 22.9 Å². The molecule has 0 amide bonds. The lowest BCUT2D eigenvalue weighted by molar-refractivity contribution is -0.136. The van der Waals surface area contributed by atoms with Crippen LogP contribution in [0.25, 0.3) is 16.7 Å². The van der Waals surface area contributed by atoms with Gasteiger partial charge in [-0.15, -0.1) is 0 Å². The van der Waals surface area contributed by atoms with E-state index in [1.165, 1.54) is 13.2 Å². The maximum atomic E-state index is 14.9. The SMILES string of the molecule is COc1ccc(F)c(-c2ccc(COc3cc(F)cc(CCC(=O)O)c3F)cc2C2=CCCC2(C)C)c1. The lowest BCUT2D eigenvalue weighted by Crippen LogP contribution is -2.10. The van der Waals surface area contributed by atoms with Crippen LogP contribution in [0.2, 0.25) is 0 Å². The molecule has 3 aromatic carbocycles. The number of hydrogen-bond donors (Lipinski definition) is 1. The molecule has 0 saturated carbocycles. The molecule has 194 valence electrons. The van der Waals surface area contributed by atoms with Crippen LogP contribution in [0.1, 0.15) is 49.8 Å². The Labute approximate surface area is 214 Å². The monoisotopic (exact) mass is 510 g/mol.